The maximum atomic E-state index is 11.3. The third kappa shape index (κ3) is 1.99. The minimum Gasteiger partial charge on any atom is -0.269 e. The number of amides is 2. The fraction of sp³-hybridized carbons (Fsp3) is 0.273. The van der Waals surface area contributed by atoms with E-state index in [0.29, 0.717) is 5.70 Å². The molecule has 0 saturated carbocycles. The number of carbonyl (C=O) groups is 2. The lowest BCUT2D eigenvalue weighted by molar-refractivity contribution is -0.134. The molecule has 74 valence electrons. The van der Waals surface area contributed by atoms with E-state index in [2.05, 4.69) is 0 Å². The van der Waals surface area contributed by atoms with Gasteiger partial charge in [0.15, 0.2) is 0 Å². The van der Waals surface area contributed by atoms with Gasteiger partial charge in [-0.3, -0.25) is 9.59 Å². The summed E-state index contributed by atoms with van der Waals surface area (Å²) in [5.41, 5.74) is 0.631. The van der Waals surface area contributed by atoms with E-state index in [0.717, 1.165) is 11.3 Å². The van der Waals surface area contributed by atoms with Gasteiger partial charge in [0.2, 0.25) is 0 Å². The molecule has 0 unspecified atom stereocenters. The molecule has 1 aliphatic heterocycles. The lowest BCUT2D eigenvalue weighted by Gasteiger charge is -2.14. The van der Waals surface area contributed by atoms with Crippen LogP contribution < -0.4 is 0 Å². The summed E-state index contributed by atoms with van der Waals surface area (Å²) in [5.74, 6) is -0.548. The first-order valence-electron chi connectivity index (χ1n) is 4.59. The number of rotatable bonds is 3. The summed E-state index contributed by atoms with van der Waals surface area (Å²) in [6.45, 7) is 3.80. The zero-order valence-corrected chi connectivity index (χ0v) is 8.36. The smallest absolute Gasteiger partial charge is 0.258 e. The third-order valence-electron chi connectivity index (χ3n) is 1.89. The third-order valence-corrected chi connectivity index (χ3v) is 1.89. The van der Waals surface area contributed by atoms with Crippen LogP contribution >= 0.6 is 0 Å². The van der Waals surface area contributed by atoms with Gasteiger partial charge in [0.25, 0.3) is 11.8 Å². The normalized spacial score (nSPS) is 17.6. The van der Waals surface area contributed by atoms with Crippen LogP contribution in [0.5, 0.6) is 0 Å². The van der Waals surface area contributed by atoms with E-state index in [1.54, 1.807) is 19.1 Å². The highest BCUT2D eigenvalue weighted by atomic mass is 16.2. The molecule has 0 saturated heterocycles. The largest absolute Gasteiger partial charge is 0.269 e. The van der Waals surface area contributed by atoms with E-state index in [1.165, 1.54) is 12.2 Å². The second-order valence-corrected chi connectivity index (χ2v) is 2.87. The standard InChI is InChI=1S/C11H13NO2/c1-3-5-6-9(4-2)12-10(13)7-8-11(12)14/h4-8H,3H2,1-2H3/b6-5-,9-4+. The summed E-state index contributed by atoms with van der Waals surface area (Å²) < 4.78 is 0. The first-order chi connectivity index (χ1) is 6.70. The van der Waals surface area contributed by atoms with Crippen molar-refractivity contribution in [1.82, 2.24) is 4.90 Å². The highest BCUT2D eigenvalue weighted by Crippen LogP contribution is 2.13. The van der Waals surface area contributed by atoms with Gasteiger partial charge in [-0.1, -0.05) is 19.1 Å². The maximum Gasteiger partial charge on any atom is 0.258 e. The van der Waals surface area contributed by atoms with Gasteiger partial charge in [0.05, 0.1) is 0 Å². The topological polar surface area (TPSA) is 37.4 Å². The Morgan fingerprint density at radius 1 is 1.36 bits per heavy atom. The van der Waals surface area contributed by atoms with Crippen LogP contribution in [-0.2, 0) is 9.59 Å². The number of carbonyl (C=O) groups excluding carboxylic acids is 2. The fourth-order valence-corrected chi connectivity index (χ4v) is 1.19. The Labute approximate surface area is 83.4 Å². The SMILES string of the molecule is C/C=C(\C=C/CC)N1C(=O)C=CC1=O. The minimum atomic E-state index is -0.274. The minimum absolute atomic E-state index is 0.274. The molecule has 0 fully saturated rings. The Hall–Kier alpha value is -1.64. The van der Waals surface area contributed by atoms with Crippen LogP contribution in [0.2, 0.25) is 0 Å². The van der Waals surface area contributed by atoms with Crippen LogP contribution in [0.3, 0.4) is 0 Å². The Morgan fingerprint density at radius 3 is 2.36 bits per heavy atom. The molecule has 1 heterocycles. The van der Waals surface area contributed by atoms with Gasteiger partial charge in [0.1, 0.15) is 0 Å². The van der Waals surface area contributed by atoms with E-state index in [-0.39, 0.29) is 11.8 Å². The van der Waals surface area contributed by atoms with Crippen molar-refractivity contribution >= 4 is 11.8 Å². The van der Waals surface area contributed by atoms with Gasteiger partial charge in [-0.2, -0.15) is 0 Å². The Bertz CT molecular complexity index is 319. The van der Waals surface area contributed by atoms with Crippen LogP contribution in [-0.4, -0.2) is 16.7 Å². The van der Waals surface area contributed by atoms with E-state index in [1.807, 2.05) is 13.0 Å². The van der Waals surface area contributed by atoms with Gasteiger partial charge >= 0.3 is 0 Å². The van der Waals surface area contributed by atoms with Crippen molar-refractivity contribution in [2.45, 2.75) is 20.3 Å². The van der Waals surface area contributed by atoms with Crippen LogP contribution in [0.25, 0.3) is 0 Å². The van der Waals surface area contributed by atoms with Crippen LogP contribution in [0.15, 0.2) is 36.1 Å². The molecule has 2 amide bonds. The van der Waals surface area contributed by atoms with E-state index >= 15 is 0 Å². The summed E-state index contributed by atoms with van der Waals surface area (Å²) in [6.07, 6.45) is 8.88. The molecule has 0 atom stereocenters. The average molecular weight is 191 g/mol. The molecule has 0 spiro atoms. The van der Waals surface area contributed by atoms with Gasteiger partial charge in [-0.15, -0.1) is 0 Å². The predicted molar refractivity (Wildman–Crippen MR) is 54.2 cm³/mol. The van der Waals surface area contributed by atoms with Gasteiger partial charge in [-0.05, 0) is 19.4 Å². The maximum absolute atomic E-state index is 11.3. The van der Waals surface area contributed by atoms with Crippen LogP contribution in [0, 0.1) is 0 Å². The summed E-state index contributed by atoms with van der Waals surface area (Å²) in [6, 6.07) is 0. The zero-order chi connectivity index (χ0) is 10.6. The van der Waals surface area contributed by atoms with Crippen LogP contribution in [0.1, 0.15) is 20.3 Å². The molecule has 0 N–H and O–H groups in total. The molecule has 1 aliphatic rings. The van der Waals surface area contributed by atoms with Crippen molar-refractivity contribution < 1.29 is 9.59 Å². The monoisotopic (exact) mass is 191 g/mol. The number of nitrogens with zero attached hydrogens (tertiary/aromatic N) is 1. The molecular weight excluding hydrogens is 178 g/mol. The molecule has 14 heavy (non-hydrogen) atoms. The van der Waals surface area contributed by atoms with E-state index in [9.17, 15) is 9.59 Å². The second kappa shape index (κ2) is 4.56. The van der Waals surface area contributed by atoms with Gasteiger partial charge in [0, 0.05) is 17.8 Å². The summed E-state index contributed by atoms with van der Waals surface area (Å²) >= 11 is 0. The predicted octanol–water partition coefficient (Wildman–Crippen LogP) is 1.78. The van der Waals surface area contributed by atoms with Crippen molar-refractivity contribution in [3.8, 4) is 0 Å². The number of allylic oxidation sites excluding steroid dienone is 3. The lowest BCUT2D eigenvalue weighted by atomic mass is 10.3. The molecule has 0 aromatic heterocycles. The first-order valence-corrected chi connectivity index (χ1v) is 4.59. The summed E-state index contributed by atoms with van der Waals surface area (Å²) in [7, 11) is 0. The van der Waals surface area contributed by atoms with Gasteiger partial charge < -0.3 is 0 Å². The van der Waals surface area contributed by atoms with Crippen LogP contribution in [0.4, 0.5) is 0 Å². The second-order valence-electron chi connectivity index (χ2n) is 2.87. The van der Waals surface area contributed by atoms with E-state index < -0.39 is 0 Å². The van der Waals surface area contributed by atoms with Gasteiger partial charge in [-0.25, -0.2) is 4.90 Å². The summed E-state index contributed by atoms with van der Waals surface area (Å²) in [5, 5.41) is 0. The Kier molecular flexibility index (Phi) is 3.40. The molecule has 0 aliphatic carbocycles. The zero-order valence-electron chi connectivity index (χ0n) is 8.36. The number of hydrogen-bond acceptors (Lipinski definition) is 2. The molecule has 0 aromatic rings. The molecule has 3 nitrogen and oxygen atoms in total. The molecule has 0 bridgehead atoms. The highest BCUT2D eigenvalue weighted by Gasteiger charge is 2.24. The molecule has 1 rings (SSSR count). The number of hydrogen-bond donors (Lipinski definition) is 0. The average Bonchev–Trinajstić information content (AvgIpc) is 2.50. The van der Waals surface area contributed by atoms with Crippen molar-refractivity contribution in [2.24, 2.45) is 0 Å². The van der Waals surface area contributed by atoms with Crippen molar-refractivity contribution in [1.29, 1.82) is 0 Å². The van der Waals surface area contributed by atoms with Crippen molar-refractivity contribution in [3.63, 3.8) is 0 Å². The Morgan fingerprint density at radius 2 is 1.93 bits per heavy atom. The molecule has 3 heteroatoms. The lowest BCUT2D eigenvalue weighted by Crippen LogP contribution is -2.28. The van der Waals surface area contributed by atoms with Crippen molar-refractivity contribution in [2.75, 3.05) is 0 Å². The highest BCUT2D eigenvalue weighted by molar-refractivity contribution is 6.14. The van der Waals surface area contributed by atoms with E-state index in [4.69, 9.17) is 0 Å². The molecule has 0 radical (unpaired) electrons. The number of imide groups is 1. The summed E-state index contributed by atoms with van der Waals surface area (Å²) in [4.78, 5) is 23.7. The Balaban J connectivity index is 2.87. The molecular formula is C11H13NO2. The quantitative estimate of drug-likeness (QED) is 0.503. The fourth-order valence-electron chi connectivity index (χ4n) is 1.19. The molecule has 0 aromatic carbocycles. The first kappa shape index (κ1) is 10.4. The van der Waals surface area contributed by atoms with Crippen molar-refractivity contribution in [3.05, 3.63) is 36.1 Å².